The zero-order valence-electron chi connectivity index (χ0n) is 18.6. The van der Waals surface area contributed by atoms with Crippen LogP contribution in [0, 0.1) is 0 Å². The van der Waals surface area contributed by atoms with Gasteiger partial charge in [-0.05, 0) is 48.1 Å². The third-order valence-electron chi connectivity index (χ3n) is 7.14. The Morgan fingerprint density at radius 1 is 1.00 bits per heavy atom. The van der Waals surface area contributed by atoms with Gasteiger partial charge < -0.3 is 14.8 Å². The van der Waals surface area contributed by atoms with Gasteiger partial charge in [0.25, 0.3) is 0 Å². The molecule has 0 spiro atoms. The second-order valence-electron chi connectivity index (χ2n) is 9.20. The zero-order chi connectivity index (χ0) is 21.8. The summed E-state index contributed by atoms with van der Waals surface area (Å²) in [5.74, 6) is 1.77. The van der Waals surface area contributed by atoms with Gasteiger partial charge in [0, 0.05) is 25.0 Å². The average Bonchev–Trinajstić information content (AvgIpc) is 3.34. The third kappa shape index (κ3) is 4.53. The zero-order valence-corrected chi connectivity index (χ0v) is 18.6. The Balaban J connectivity index is 1.19. The van der Waals surface area contributed by atoms with Crippen LogP contribution in [-0.2, 0) is 10.2 Å². The topological polar surface area (TPSA) is 50.8 Å². The molecule has 0 saturated heterocycles. The normalized spacial score (nSPS) is 19.9. The molecule has 2 aliphatic heterocycles. The molecule has 3 aliphatic rings. The standard InChI is InChI=1S/C27H32N2O3/c30-26(19-29-14-10-22(11-15-29)21-6-2-1-3-7-21)28-20-27(12-4-5-13-27)23-8-9-24-25(18-23)32-17-16-31-24/h1-3,6-10,18H,4-5,11-17,19-20H2,(H,28,30). The van der Waals surface area contributed by atoms with Crippen molar-refractivity contribution in [2.24, 2.45) is 0 Å². The molecule has 0 aromatic heterocycles. The van der Waals surface area contributed by atoms with E-state index in [1.807, 2.05) is 12.1 Å². The molecule has 168 valence electrons. The lowest BCUT2D eigenvalue weighted by atomic mass is 9.78. The largest absolute Gasteiger partial charge is 0.486 e. The number of fused-ring (bicyclic) bond motifs is 1. The highest BCUT2D eigenvalue weighted by molar-refractivity contribution is 5.78. The summed E-state index contributed by atoms with van der Waals surface area (Å²) in [7, 11) is 0. The molecule has 2 heterocycles. The summed E-state index contributed by atoms with van der Waals surface area (Å²) in [4.78, 5) is 15.0. The lowest BCUT2D eigenvalue weighted by Crippen LogP contribution is -2.44. The Hall–Kier alpha value is -2.79. The summed E-state index contributed by atoms with van der Waals surface area (Å²) in [6.45, 7) is 4.08. The summed E-state index contributed by atoms with van der Waals surface area (Å²) in [6, 6.07) is 16.8. The molecule has 2 aromatic carbocycles. The van der Waals surface area contributed by atoms with Crippen molar-refractivity contribution in [1.29, 1.82) is 0 Å². The molecular formula is C27H32N2O3. The summed E-state index contributed by atoms with van der Waals surface area (Å²) < 4.78 is 11.5. The third-order valence-corrected chi connectivity index (χ3v) is 7.14. The van der Waals surface area contributed by atoms with Crippen LogP contribution in [0.3, 0.4) is 0 Å². The van der Waals surface area contributed by atoms with E-state index in [-0.39, 0.29) is 11.3 Å². The summed E-state index contributed by atoms with van der Waals surface area (Å²) >= 11 is 0. The van der Waals surface area contributed by atoms with Gasteiger partial charge >= 0.3 is 0 Å². The van der Waals surface area contributed by atoms with Crippen LogP contribution in [0.15, 0.2) is 54.6 Å². The maximum atomic E-state index is 12.8. The molecular weight excluding hydrogens is 400 g/mol. The van der Waals surface area contributed by atoms with Gasteiger partial charge in [0.2, 0.25) is 5.91 Å². The molecule has 1 saturated carbocycles. The van der Waals surface area contributed by atoms with E-state index in [0.717, 1.165) is 43.9 Å². The van der Waals surface area contributed by atoms with Gasteiger partial charge in [-0.25, -0.2) is 0 Å². The SMILES string of the molecule is O=C(CN1CC=C(c2ccccc2)CC1)NCC1(c2ccc3c(c2)OCCO3)CCCC1. The first-order valence-electron chi connectivity index (χ1n) is 11.9. The summed E-state index contributed by atoms with van der Waals surface area (Å²) in [5, 5.41) is 3.26. The Bertz CT molecular complexity index is 980. The minimum atomic E-state index is -0.00617. The van der Waals surface area contributed by atoms with Gasteiger partial charge in [0.05, 0.1) is 6.54 Å². The predicted octanol–water partition coefficient (Wildman–Crippen LogP) is 4.18. The van der Waals surface area contributed by atoms with E-state index in [4.69, 9.17) is 9.47 Å². The van der Waals surface area contributed by atoms with E-state index >= 15 is 0 Å². The van der Waals surface area contributed by atoms with Gasteiger partial charge in [-0.15, -0.1) is 0 Å². The van der Waals surface area contributed by atoms with Gasteiger partial charge in [-0.3, -0.25) is 9.69 Å². The highest BCUT2D eigenvalue weighted by Gasteiger charge is 2.37. The number of benzene rings is 2. The molecule has 1 N–H and O–H groups in total. The molecule has 0 atom stereocenters. The van der Waals surface area contributed by atoms with E-state index in [0.29, 0.717) is 26.3 Å². The lowest BCUT2D eigenvalue weighted by Gasteiger charge is -2.32. The Morgan fingerprint density at radius 3 is 2.53 bits per heavy atom. The number of carbonyl (C=O) groups is 1. The van der Waals surface area contributed by atoms with Crippen molar-refractivity contribution in [1.82, 2.24) is 10.2 Å². The molecule has 1 aliphatic carbocycles. The molecule has 1 fully saturated rings. The number of rotatable bonds is 6. The predicted molar refractivity (Wildman–Crippen MR) is 126 cm³/mol. The Kier molecular flexibility index (Phi) is 6.17. The Labute approximate surface area is 190 Å². The van der Waals surface area contributed by atoms with Crippen molar-refractivity contribution in [2.75, 3.05) is 39.4 Å². The fraction of sp³-hybridized carbons (Fsp3) is 0.444. The van der Waals surface area contributed by atoms with Crippen LogP contribution in [0.25, 0.3) is 5.57 Å². The van der Waals surface area contributed by atoms with E-state index in [1.54, 1.807) is 0 Å². The van der Waals surface area contributed by atoms with Crippen molar-refractivity contribution >= 4 is 11.5 Å². The fourth-order valence-corrected chi connectivity index (χ4v) is 5.29. The number of hydrogen-bond acceptors (Lipinski definition) is 4. The Morgan fingerprint density at radius 2 is 1.78 bits per heavy atom. The van der Waals surface area contributed by atoms with Crippen LogP contribution in [-0.4, -0.2) is 50.2 Å². The molecule has 0 unspecified atom stereocenters. The van der Waals surface area contributed by atoms with Crippen LogP contribution in [0.1, 0.15) is 43.2 Å². The summed E-state index contributed by atoms with van der Waals surface area (Å²) in [5.41, 5.74) is 3.92. The van der Waals surface area contributed by atoms with Crippen LogP contribution < -0.4 is 14.8 Å². The van der Waals surface area contributed by atoms with Crippen LogP contribution in [0.5, 0.6) is 11.5 Å². The quantitative estimate of drug-likeness (QED) is 0.744. The number of nitrogens with zero attached hydrogens (tertiary/aromatic N) is 1. The van der Waals surface area contributed by atoms with Crippen LogP contribution >= 0.6 is 0 Å². The first-order chi connectivity index (χ1) is 15.7. The fourth-order valence-electron chi connectivity index (χ4n) is 5.29. The van der Waals surface area contributed by atoms with Crippen molar-refractivity contribution in [2.45, 2.75) is 37.5 Å². The van der Waals surface area contributed by atoms with Gasteiger partial charge in [0.15, 0.2) is 11.5 Å². The van der Waals surface area contributed by atoms with Crippen molar-refractivity contribution in [3.05, 3.63) is 65.7 Å². The van der Waals surface area contributed by atoms with Crippen molar-refractivity contribution in [3.8, 4) is 11.5 Å². The van der Waals surface area contributed by atoms with E-state index in [1.165, 1.54) is 29.5 Å². The number of hydrogen-bond donors (Lipinski definition) is 1. The second kappa shape index (κ2) is 9.37. The second-order valence-corrected chi connectivity index (χ2v) is 9.20. The van der Waals surface area contributed by atoms with E-state index in [9.17, 15) is 4.79 Å². The smallest absolute Gasteiger partial charge is 0.234 e. The van der Waals surface area contributed by atoms with Gasteiger partial charge in [-0.1, -0.05) is 55.3 Å². The number of ether oxygens (including phenoxy) is 2. The number of nitrogens with one attached hydrogen (secondary N) is 1. The highest BCUT2D eigenvalue weighted by atomic mass is 16.6. The average molecular weight is 433 g/mol. The molecule has 5 rings (SSSR count). The molecule has 0 radical (unpaired) electrons. The molecule has 32 heavy (non-hydrogen) atoms. The van der Waals surface area contributed by atoms with Gasteiger partial charge in [0.1, 0.15) is 13.2 Å². The molecule has 5 heteroatoms. The highest BCUT2D eigenvalue weighted by Crippen LogP contribution is 2.43. The van der Waals surface area contributed by atoms with Crippen molar-refractivity contribution < 1.29 is 14.3 Å². The van der Waals surface area contributed by atoms with E-state index < -0.39 is 0 Å². The van der Waals surface area contributed by atoms with Crippen molar-refractivity contribution in [3.63, 3.8) is 0 Å². The molecule has 2 aromatic rings. The molecule has 5 nitrogen and oxygen atoms in total. The van der Waals surface area contributed by atoms with Crippen LogP contribution in [0.4, 0.5) is 0 Å². The van der Waals surface area contributed by atoms with Crippen LogP contribution in [0.2, 0.25) is 0 Å². The molecule has 1 amide bonds. The van der Waals surface area contributed by atoms with E-state index in [2.05, 4.69) is 52.7 Å². The van der Waals surface area contributed by atoms with Gasteiger partial charge in [-0.2, -0.15) is 0 Å². The first-order valence-corrected chi connectivity index (χ1v) is 11.9. The minimum Gasteiger partial charge on any atom is -0.486 e. The summed E-state index contributed by atoms with van der Waals surface area (Å²) in [6.07, 6.45) is 7.84. The first kappa shape index (κ1) is 21.1. The minimum absolute atomic E-state index is 0.00617. The number of carbonyl (C=O) groups excluding carboxylic acids is 1. The lowest BCUT2D eigenvalue weighted by molar-refractivity contribution is -0.122. The number of amides is 1. The monoisotopic (exact) mass is 432 g/mol. The maximum absolute atomic E-state index is 12.8. The maximum Gasteiger partial charge on any atom is 0.234 e. The molecule has 0 bridgehead atoms.